The van der Waals surface area contributed by atoms with Crippen molar-refractivity contribution in [1.29, 1.82) is 0 Å². The van der Waals surface area contributed by atoms with Gasteiger partial charge < -0.3 is 9.80 Å². The smallest absolute Gasteiger partial charge is 0.304 e. The average Bonchev–Trinajstić information content (AvgIpc) is 4.04. The van der Waals surface area contributed by atoms with Crippen LogP contribution in [-0.2, 0) is 19.8 Å². The number of rotatable bonds is 6. The molecule has 1 aliphatic heterocycles. The highest BCUT2D eigenvalue weighted by Gasteiger charge is 2.24. The Morgan fingerprint density at radius 3 is 1.82 bits per heavy atom. The Bertz CT molecular complexity index is 2170. The molecule has 0 amide bonds. The number of alkyl halides is 2. The molecule has 0 spiro atoms. The fraction of sp³-hybridized carbons (Fsp3) is 0.429. The summed E-state index contributed by atoms with van der Waals surface area (Å²) in [5, 5.41) is 24.3. The van der Waals surface area contributed by atoms with E-state index in [-0.39, 0.29) is 0 Å². The van der Waals surface area contributed by atoms with Crippen LogP contribution in [-0.4, -0.2) is 93.4 Å². The molecular formula is C42H60ClF2N13S2. The zero-order valence-corrected chi connectivity index (χ0v) is 39.0. The van der Waals surface area contributed by atoms with E-state index in [0.29, 0.717) is 23.1 Å². The molecule has 8 rings (SSSR count). The quantitative estimate of drug-likeness (QED) is 0.166. The van der Waals surface area contributed by atoms with Gasteiger partial charge in [0.25, 0.3) is 0 Å². The number of hydrogen-bond acceptors (Lipinski definition) is 9. The third-order valence-electron chi connectivity index (χ3n) is 7.75. The molecule has 18 heteroatoms. The maximum absolute atomic E-state index is 11.7. The van der Waals surface area contributed by atoms with Crippen LogP contribution in [0.4, 0.5) is 8.78 Å². The van der Waals surface area contributed by atoms with Crippen LogP contribution in [0, 0.1) is 55.0 Å². The van der Waals surface area contributed by atoms with Crippen molar-refractivity contribution in [2.45, 2.75) is 87.7 Å². The van der Waals surface area contributed by atoms with Crippen molar-refractivity contribution in [3.05, 3.63) is 144 Å². The summed E-state index contributed by atoms with van der Waals surface area (Å²) in [6, 6.07) is 8.31. The van der Waals surface area contributed by atoms with Crippen LogP contribution in [0.25, 0.3) is 4.85 Å². The summed E-state index contributed by atoms with van der Waals surface area (Å²) in [5.74, 6) is 0. The van der Waals surface area contributed by atoms with Crippen molar-refractivity contribution in [2.75, 3.05) is 34.2 Å². The molecule has 13 nitrogen and oxygen atoms in total. The molecule has 0 aromatic carbocycles. The van der Waals surface area contributed by atoms with Crippen molar-refractivity contribution < 1.29 is 8.78 Å². The van der Waals surface area contributed by atoms with Crippen molar-refractivity contribution in [3.63, 3.8) is 0 Å². The maximum atomic E-state index is 11.7. The van der Waals surface area contributed by atoms with E-state index in [1.54, 1.807) is 35.3 Å². The van der Waals surface area contributed by atoms with E-state index in [1.165, 1.54) is 44.3 Å². The third kappa shape index (κ3) is 21.9. The highest BCUT2D eigenvalue weighted by atomic mass is 35.5. The van der Waals surface area contributed by atoms with E-state index in [0.717, 1.165) is 36.1 Å². The first-order valence-electron chi connectivity index (χ1n) is 19.1. The number of aromatic nitrogens is 10. The number of nitrogens with zero attached hydrogens (tertiary/aromatic N) is 12. The molecular weight excluding hydrogens is 824 g/mol. The predicted octanol–water partition coefficient (Wildman–Crippen LogP) is 10.1. The molecule has 1 aliphatic rings. The van der Waals surface area contributed by atoms with E-state index >= 15 is 0 Å². The molecule has 0 aliphatic carbocycles. The van der Waals surface area contributed by atoms with Gasteiger partial charge in [0.15, 0.2) is 0 Å². The lowest BCUT2D eigenvalue weighted by molar-refractivity contribution is 0.0563. The first kappa shape index (κ1) is 51.2. The summed E-state index contributed by atoms with van der Waals surface area (Å²) in [6.45, 7) is 24.6. The second-order valence-corrected chi connectivity index (χ2v) is 17.2. The van der Waals surface area contributed by atoms with Gasteiger partial charge in [-0.1, -0.05) is 11.6 Å². The molecule has 0 radical (unpaired) electrons. The summed E-state index contributed by atoms with van der Waals surface area (Å²) >= 11 is 9.02. The molecule has 60 heavy (non-hydrogen) atoms. The molecule has 7 aromatic heterocycles. The van der Waals surface area contributed by atoms with Crippen molar-refractivity contribution in [2.24, 2.45) is 0 Å². The molecule has 326 valence electrons. The number of nitrogens with one attached hydrogen (secondary N) is 1. The Hall–Kier alpha value is -4.99. The number of H-pyrrole nitrogens is 1. The maximum Gasteiger partial charge on any atom is 0.333 e. The first-order chi connectivity index (χ1) is 28.5. The van der Waals surface area contributed by atoms with Gasteiger partial charge in [-0.15, -0.1) is 22.7 Å². The normalized spacial score (nSPS) is 11.7. The van der Waals surface area contributed by atoms with Crippen LogP contribution in [0.2, 0.25) is 4.34 Å². The molecule has 0 atom stereocenters. The predicted molar refractivity (Wildman–Crippen MR) is 242 cm³/mol. The summed E-state index contributed by atoms with van der Waals surface area (Å²) in [6.07, 6.45) is 16.4. The monoisotopic (exact) mass is 883 g/mol. The lowest BCUT2D eigenvalue weighted by atomic mass is 10.1. The van der Waals surface area contributed by atoms with Gasteiger partial charge >= 0.3 is 13.2 Å². The van der Waals surface area contributed by atoms with Crippen molar-refractivity contribution >= 4 is 34.3 Å². The third-order valence-corrected chi connectivity index (χ3v) is 9.94. The minimum Gasteiger partial charge on any atom is -0.304 e. The zero-order valence-electron chi connectivity index (χ0n) is 36.6. The molecule has 1 fully saturated rings. The van der Waals surface area contributed by atoms with E-state index in [1.807, 2.05) is 86.8 Å². The Labute approximate surface area is 367 Å². The van der Waals surface area contributed by atoms with Crippen LogP contribution in [0.5, 0.6) is 0 Å². The number of halogens is 3. The van der Waals surface area contributed by atoms with E-state index in [4.69, 9.17) is 18.2 Å². The van der Waals surface area contributed by atoms with E-state index < -0.39 is 6.55 Å². The molecule has 1 saturated heterocycles. The average molecular weight is 885 g/mol. The SMILES string of the molecule is CCn1cc(C)cn1.Cc1ccc(Cl)s1.Cc1ccn(C(F)F)n1.Cc1cn[nH]c1.Cc1cnn(C2CN(C)C2)c1.Cc1csc(CN(C)C)c1.[C-]#[N+]Cn1cc(C)cn1. The minimum absolute atomic E-state index is 0.327. The summed E-state index contributed by atoms with van der Waals surface area (Å²) in [7, 11) is 6.32. The lowest BCUT2D eigenvalue weighted by Crippen LogP contribution is -2.45. The Balaban J connectivity index is 0.000000243. The first-order valence-corrected chi connectivity index (χ1v) is 21.2. The van der Waals surface area contributed by atoms with E-state index in [2.05, 4.69) is 109 Å². The lowest BCUT2D eigenvalue weighted by Gasteiger charge is -2.36. The molecule has 0 saturated carbocycles. The Morgan fingerprint density at radius 2 is 1.52 bits per heavy atom. The fourth-order valence-electron chi connectivity index (χ4n) is 4.87. The highest BCUT2D eigenvalue weighted by Crippen LogP contribution is 2.20. The van der Waals surface area contributed by atoms with Gasteiger partial charge in [0.1, 0.15) is 0 Å². The fourth-order valence-corrected chi connectivity index (χ4v) is 6.87. The van der Waals surface area contributed by atoms with Crippen LogP contribution < -0.4 is 0 Å². The second kappa shape index (κ2) is 27.7. The van der Waals surface area contributed by atoms with Crippen molar-refractivity contribution in [1.82, 2.24) is 59.1 Å². The van der Waals surface area contributed by atoms with Gasteiger partial charge in [-0.25, -0.2) is 15.9 Å². The van der Waals surface area contributed by atoms with Crippen LogP contribution >= 0.6 is 34.3 Å². The van der Waals surface area contributed by atoms with Gasteiger partial charge in [0.05, 0.1) is 40.9 Å². The van der Waals surface area contributed by atoms with Gasteiger partial charge in [-0.2, -0.15) is 34.3 Å². The van der Waals surface area contributed by atoms with Crippen LogP contribution in [0.15, 0.2) is 85.4 Å². The standard InChI is InChI=1S/C8H13N3.C8H13NS.C6H7N3.C6H10N2.C5H5ClS.C5H6F2N2.C4H6N2/c1-7-3-9-11(4-7)8-5-10(2)6-8;1-7-4-8(10-6-7)5-9(2)3;1-6-3-8-9(4-6)5-7-2;1-3-8-5-6(2)4-7-8;1-4-2-3-5(6)7-4;1-4-2-3-9(8-4)5(6)7;1-4-2-5-6-3-4/h3-4,8H,5-6H2,1-2H3;4,6H,5H2,1-3H3;3-4H,5H2,1H3;4-5H,3H2,1-2H3;2-3H,1H3;2-3,5H,1H3;2-3H,1H3,(H,5,6). The second-order valence-electron chi connectivity index (χ2n) is 14.3. The molecule has 1 N–H and O–H groups in total. The number of thiophene rings is 2. The molecule has 0 unspecified atom stereocenters. The molecule has 0 bridgehead atoms. The Kier molecular flexibility index (Phi) is 23.6. The molecule has 7 aromatic rings. The topological polar surface area (TPSA) is 111 Å². The van der Waals surface area contributed by atoms with Crippen molar-refractivity contribution in [3.8, 4) is 0 Å². The zero-order chi connectivity index (χ0) is 44.6. The van der Waals surface area contributed by atoms with Gasteiger partial charge in [0, 0.05) is 66.9 Å². The van der Waals surface area contributed by atoms with Gasteiger partial charge in [-0.3, -0.25) is 19.3 Å². The number of aromatic amines is 1. The van der Waals surface area contributed by atoms with E-state index in [9.17, 15) is 8.78 Å². The number of hydrogen-bond donors (Lipinski definition) is 1. The minimum atomic E-state index is -2.52. The summed E-state index contributed by atoms with van der Waals surface area (Å²) in [5.41, 5.74) is 6.73. The molecule has 8 heterocycles. The van der Waals surface area contributed by atoms with Gasteiger partial charge in [0.2, 0.25) is 0 Å². The summed E-state index contributed by atoms with van der Waals surface area (Å²) in [4.78, 5) is 10.4. The largest absolute Gasteiger partial charge is 0.333 e. The summed E-state index contributed by atoms with van der Waals surface area (Å²) < 4.78 is 30.4. The van der Waals surface area contributed by atoms with Crippen LogP contribution in [0.3, 0.4) is 0 Å². The van der Waals surface area contributed by atoms with Crippen LogP contribution in [0.1, 0.15) is 62.8 Å². The highest BCUT2D eigenvalue weighted by molar-refractivity contribution is 7.16. The number of aryl methyl sites for hydroxylation is 8. The number of likely N-dealkylation sites (tertiary alicyclic amines) is 1. The van der Waals surface area contributed by atoms with Gasteiger partial charge in [-0.05, 0) is 134 Å². The number of likely N-dealkylation sites (N-methyl/N-ethyl adjacent to an activating group) is 1. The Morgan fingerprint density at radius 1 is 0.883 bits per heavy atom.